The van der Waals surface area contributed by atoms with Gasteiger partial charge in [0.05, 0.1) is 0 Å². The zero-order valence-corrected chi connectivity index (χ0v) is 13.5. The van der Waals surface area contributed by atoms with E-state index in [1.807, 2.05) is 0 Å². The summed E-state index contributed by atoms with van der Waals surface area (Å²) in [6.07, 6.45) is 5.20. The smallest absolute Gasteiger partial charge is 0.122 e. The minimum Gasteiger partial charge on any atom is -1.00 e. The summed E-state index contributed by atoms with van der Waals surface area (Å²) in [4.78, 5) is 2.52. The fourth-order valence-corrected chi connectivity index (χ4v) is 2.72. The van der Waals surface area contributed by atoms with Crippen molar-refractivity contribution in [3.8, 4) is 5.75 Å². The first-order valence-electron chi connectivity index (χ1n) is 7.69. The van der Waals surface area contributed by atoms with Gasteiger partial charge in [-0.05, 0) is 49.9 Å². The van der Waals surface area contributed by atoms with Gasteiger partial charge in [0.1, 0.15) is 12.4 Å². The van der Waals surface area contributed by atoms with E-state index in [-0.39, 0.29) is 12.4 Å². The lowest BCUT2D eigenvalue weighted by Gasteiger charge is -2.26. The fourth-order valence-electron chi connectivity index (χ4n) is 2.72. The van der Waals surface area contributed by atoms with Gasteiger partial charge in [-0.2, -0.15) is 0 Å². The molecular formula is C17H27ClNO-. The Hall–Kier alpha value is -0.730. The van der Waals surface area contributed by atoms with Crippen molar-refractivity contribution < 1.29 is 17.1 Å². The third kappa shape index (κ3) is 5.72. The molecule has 0 bridgehead atoms. The van der Waals surface area contributed by atoms with Gasteiger partial charge in [0, 0.05) is 6.54 Å². The Morgan fingerprint density at radius 3 is 2.50 bits per heavy atom. The van der Waals surface area contributed by atoms with Crippen molar-refractivity contribution in [1.29, 1.82) is 0 Å². The van der Waals surface area contributed by atoms with E-state index < -0.39 is 0 Å². The van der Waals surface area contributed by atoms with E-state index in [9.17, 15) is 0 Å². The number of piperidine rings is 1. The van der Waals surface area contributed by atoms with Gasteiger partial charge in [-0.3, -0.25) is 4.90 Å². The maximum atomic E-state index is 6.00. The van der Waals surface area contributed by atoms with E-state index in [1.165, 1.54) is 37.9 Å². The van der Waals surface area contributed by atoms with Gasteiger partial charge in [0.15, 0.2) is 0 Å². The molecule has 0 unspecified atom stereocenters. The van der Waals surface area contributed by atoms with E-state index in [1.54, 1.807) is 0 Å². The predicted molar refractivity (Wildman–Crippen MR) is 80.8 cm³/mol. The number of para-hydroxylation sites is 1. The quantitative estimate of drug-likeness (QED) is 0.768. The molecule has 0 aliphatic carbocycles. The second kappa shape index (κ2) is 9.25. The van der Waals surface area contributed by atoms with Gasteiger partial charge in [-0.25, -0.2) is 0 Å². The van der Waals surface area contributed by atoms with Crippen molar-refractivity contribution in [3.05, 3.63) is 29.8 Å². The van der Waals surface area contributed by atoms with Crippen LogP contribution in [-0.4, -0.2) is 31.1 Å². The minimum atomic E-state index is 0. The number of hydrogen-bond acceptors (Lipinski definition) is 2. The Kier molecular flexibility index (Phi) is 8.01. The summed E-state index contributed by atoms with van der Waals surface area (Å²) in [6.45, 7) is 8.88. The third-order valence-corrected chi connectivity index (χ3v) is 3.71. The van der Waals surface area contributed by atoms with Crippen LogP contribution in [0.25, 0.3) is 0 Å². The highest BCUT2D eigenvalue weighted by molar-refractivity contribution is 5.33. The topological polar surface area (TPSA) is 12.5 Å². The molecule has 1 heterocycles. The number of hydrogen-bond donors (Lipinski definition) is 0. The summed E-state index contributed by atoms with van der Waals surface area (Å²) in [5.41, 5.74) is 1.34. The van der Waals surface area contributed by atoms with E-state index in [4.69, 9.17) is 4.74 Å². The Bertz CT molecular complexity index is 375. The standard InChI is InChI=1S/C17H27NO.ClH/c1-15(2)14-16-8-4-5-9-17(16)19-13-12-18-10-6-3-7-11-18;/h4-5,8-9,15H,3,6-7,10-14H2,1-2H3;1H/p-1. The second-order valence-electron chi connectivity index (χ2n) is 5.96. The molecule has 2 nitrogen and oxygen atoms in total. The van der Waals surface area contributed by atoms with Crippen LogP contribution in [0, 0.1) is 5.92 Å². The van der Waals surface area contributed by atoms with Crippen molar-refractivity contribution in [2.45, 2.75) is 39.5 Å². The molecule has 1 saturated heterocycles. The maximum absolute atomic E-state index is 6.00. The van der Waals surface area contributed by atoms with Crippen LogP contribution in [0.5, 0.6) is 5.75 Å². The molecule has 2 rings (SSSR count). The maximum Gasteiger partial charge on any atom is 0.122 e. The zero-order chi connectivity index (χ0) is 13.5. The van der Waals surface area contributed by atoms with E-state index in [0.717, 1.165) is 25.3 Å². The van der Waals surface area contributed by atoms with Crippen molar-refractivity contribution in [2.24, 2.45) is 5.92 Å². The molecule has 1 aliphatic heterocycles. The summed E-state index contributed by atoms with van der Waals surface area (Å²) in [5.74, 6) is 1.75. The summed E-state index contributed by atoms with van der Waals surface area (Å²) in [7, 11) is 0. The number of likely N-dealkylation sites (tertiary alicyclic amines) is 1. The third-order valence-electron chi connectivity index (χ3n) is 3.71. The highest BCUT2D eigenvalue weighted by atomic mass is 35.5. The summed E-state index contributed by atoms with van der Waals surface area (Å²) in [5, 5.41) is 0. The Balaban J connectivity index is 0.00000200. The fraction of sp³-hybridized carbons (Fsp3) is 0.647. The first-order valence-corrected chi connectivity index (χ1v) is 7.69. The van der Waals surface area contributed by atoms with Gasteiger partial charge >= 0.3 is 0 Å². The molecule has 20 heavy (non-hydrogen) atoms. The Morgan fingerprint density at radius 1 is 1.10 bits per heavy atom. The first kappa shape index (κ1) is 17.3. The van der Waals surface area contributed by atoms with Crippen molar-refractivity contribution in [1.82, 2.24) is 4.90 Å². The highest BCUT2D eigenvalue weighted by Crippen LogP contribution is 2.21. The molecule has 0 aromatic heterocycles. The Labute approximate surface area is 129 Å². The monoisotopic (exact) mass is 296 g/mol. The number of halogens is 1. The predicted octanol–water partition coefficient (Wildman–Crippen LogP) is 0.754. The minimum absolute atomic E-state index is 0. The normalized spacial score (nSPS) is 15.9. The lowest BCUT2D eigenvalue weighted by molar-refractivity contribution is -0.00000462. The second-order valence-corrected chi connectivity index (χ2v) is 5.96. The molecule has 1 fully saturated rings. The lowest BCUT2D eigenvalue weighted by atomic mass is 10.0. The SMILES string of the molecule is CC(C)Cc1ccccc1OCCN1CCCCC1.[Cl-]. The molecule has 0 amide bonds. The first-order chi connectivity index (χ1) is 9.25. The van der Waals surface area contributed by atoms with Crippen LogP contribution < -0.4 is 17.1 Å². The van der Waals surface area contributed by atoms with Crippen LogP contribution in [0.2, 0.25) is 0 Å². The van der Waals surface area contributed by atoms with Crippen LogP contribution in [0.3, 0.4) is 0 Å². The molecule has 1 aromatic rings. The number of nitrogens with zero attached hydrogens (tertiary/aromatic N) is 1. The van der Waals surface area contributed by atoms with Crippen LogP contribution in [0.15, 0.2) is 24.3 Å². The summed E-state index contributed by atoms with van der Waals surface area (Å²) in [6, 6.07) is 8.47. The van der Waals surface area contributed by atoms with Crippen molar-refractivity contribution in [3.63, 3.8) is 0 Å². The van der Waals surface area contributed by atoms with E-state index >= 15 is 0 Å². The number of benzene rings is 1. The number of rotatable bonds is 6. The van der Waals surface area contributed by atoms with Crippen molar-refractivity contribution in [2.75, 3.05) is 26.2 Å². The average Bonchev–Trinajstić information content (AvgIpc) is 2.41. The zero-order valence-electron chi connectivity index (χ0n) is 12.8. The van der Waals surface area contributed by atoms with Crippen molar-refractivity contribution >= 4 is 0 Å². The van der Waals surface area contributed by atoms with Gasteiger partial charge in [0.2, 0.25) is 0 Å². The molecule has 114 valence electrons. The summed E-state index contributed by atoms with van der Waals surface area (Å²) >= 11 is 0. The van der Waals surface area contributed by atoms with Gasteiger partial charge in [-0.1, -0.05) is 38.5 Å². The molecule has 3 heteroatoms. The molecule has 0 radical (unpaired) electrons. The van der Waals surface area contributed by atoms with E-state index in [0.29, 0.717) is 5.92 Å². The van der Waals surface area contributed by atoms with Gasteiger partial charge < -0.3 is 17.1 Å². The van der Waals surface area contributed by atoms with Crippen LogP contribution >= 0.6 is 0 Å². The Morgan fingerprint density at radius 2 is 1.80 bits per heavy atom. The highest BCUT2D eigenvalue weighted by Gasteiger charge is 2.10. The van der Waals surface area contributed by atoms with Crippen LogP contribution in [0.1, 0.15) is 38.7 Å². The molecule has 0 N–H and O–H groups in total. The molecule has 0 saturated carbocycles. The molecule has 0 spiro atoms. The molecule has 0 atom stereocenters. The van der Waals surface area contributed by atoms with Crippen LogP contribution in [0.4, 0.5) is 0 Å². The molecular weight excluding hydrogens is 270 g/mol. The molecule has 1 aromatic carbocycles. The van der Waals surface area contributed by atoms with E-state index in [2.05, 4.69) is 43.0 Å². The number of ether oxygens (including phenoxy) is 1. The molecule has 1 aliphatic rings. The average molecular weight is 297 g/mol. The summed E-state index contributed by atoms with van der Waals surface area (Å²) < 4.78 is 6.00. The lowest BCUT2D eigenvalue weighted by Crippen LogP contribution is -3.00. The largest absolute Gasteiger partial charge is 1.00 e. The van der Waals surface area contributed by atoms with Gasteiger partial charge in [0.25, 0.3) is 0 Å². The van der Waals surface area contributed by atoms with Crippen LogP contribution in [-0.2, 0) is 6.42 Å². The van der Waals surface area contributed by atoms with Gasteiger partial charge in [-0.15, -0.1) is 0 Å².